The summed E-state index contributed by atoms with van der Waals surface area (Å²) in [6.07, 6.45) is 3.45. The topological polar surface area (TPSA) is 57.4 Å². The van der Waals surface area contributed by atoms with E-state index >= 15 is 0 Å². The molecule has 14 heavy (non-hydrogen) atoms. The average Bonchev–Trinajstić information content (AvgIpc) is 2.12. The van der Waals surface area contributed by atoms with Gasteiger partial charge in [0.15, 0.2) is 0 Å². The lowest BCUT2D eigenvalue weighted by Gasteiger charge is -2.08. The number of hydrogen-bond donors (Lipinski definition) is 1. The molecular weight excluding hydrogens is 180 g/mol. The molecule has 0 aliphatic carbocycles. The molecule has 0 fully saturated rings. The number of ether oxygens (including phenoxy) is 2. The lowest BCUT2D eigenvalue weighted by molar-refractivity contribution is 0.0552. The zero-order valence-electron chi connectivity index (χ0n) is 8.56. The molecule has 4 nitrogen and oxygen atoms in total. The highest BCUT2D eigenvalue weighted by Gasteiger charge is 1.96. The minimum atomic E-state index is 0.234. The SMILES string of the molecule is CC(C)OCCOc1cncc(N)c1. The highest BCUT2D eigenvalue weighted by Crippen LogP contribution is 2.11. The molecule has 1 heterocycles. The molecule has 0 atom stereocenters. The third-order valence-electron chi connectivity index (χ3n) is 1.54. The Morgan fingerprint density at radius 2 is 2.14 bits per heavy atom. The quantitative estimate of drug-likeness (QED) is 0.724. The molecule has 4 heteroatoms. The molecule has 0 spiro atoms. The van der Waals surface area contributed by atoms with E-state index in [1.165, 1.54) is 0 Å². The second-order valence-electron chi connectivity index (χ2n) is 3.22. The number of aromatic nitrogens is 1. The van der Waals surface area contributed by atoms with Gasteiger partial charge in [-0.25, -0.2) is 0 Å². The standard InChI is InChI=1S/C10H16N2O2/c1-8(2)13-3-4-14-10-5-9(11)6-12-7-10/h5-8H,3-4,11H2,1-2H3. The third-order valence-corrected chi connectivity index (χ3v) is 1.54. The average molecular weight is 196 g/mol. The van der Waals surface area contributed by atoms with Gasteiger partial charge in [-0.1, -0.05) is 0 Å². The predicted molar refractivity (Wildman–Crippen MR) is 55.2 cm³/mol. The van der Waals surface area contributed by atoms with Crippen LogP contribution in [0.5, 0.6) is 5.75 Å². The fourth-order valence-corrected chi connectivity index (χ4v) is 0.958. The van der Waals surface area contributed by atoms with E-state index in [0.29, 0.717) is 24.7 Å². The van der Waals surface area contributed by atoms with Crippen LogP contribution in [0.2, 0.25) is 0 Å². The zero-order chi connectivity index (χ0) is 10.4. The minimum absolute atomic E-state index is 0.234. The van der Waals surface area contributed by atoms with E-state index < -0.39 is 0 Å². The monoisotopic (exact) mass is 196 g/mol. The van der Waals surface area contributed by atoms with Crippen molar-refractivity contribution in [2.45, 2.75) is 20.0 Å². The van der Waals surface area contributed by atoms with Crippen LogP contribution in [0, 0.1) is 0 Å². The van der Waals surface area contributed by atoms with Crippen LogP contribution in [0.15, 0.2) is 18.5 Å². The van der Waals surface area contributed by atoms with Gasteiger partial charge in [-0.05, 0) is 13.8 Å². The molecule has 1 rings (SSSR count). The molecule has 0 amide bonds. The largest absolute Gasteiger partial charge is 0.489 e. The van der Waals surface area contributed by atoms with Gasteiger partial charge in [0.1, 0.15) is 12.4 Å². The van der Waals surface area contributed by atoms with Gasteiger partial charge in [-0.2, -0.15) is 0 Å². The van der Waals surface area contributed by atoms with Crippen LogP contribution >= 0.6 is 0 Å². The molecular formula is C10H16N2O2. The summed E-state index contributed by atoms with van der Waals surface area (Å²) >= 11 is 0. The number of anilines is 1. The Hall–Kier alpha value is -1.29. The van der Waals surface area contributed by atoms with Crippen molar-refractivity contribution in [1.82, 2.24) is 4.98 Å². The molecule has 2 N–H and O–H groups in total. The van der Waals surface area contributed by atoms with E-state index in [1.54, 1.807) is 18.5 Å². The Kier molecular flexibility index (Phi) is 4.19. The van der Waals surface area contributed by atoms with E-state index in [-0.39, 0.29) is 6.10 Å². The van der Waals surface area contributed by atoms with E-state index in [1.807, 2.05) is 13.8 Å². The summed E-state index contributed by atoms with van der Waals surface area (Å²) in [7, 11) is 0. The zero-order valence-corrected chi connectivity index (χ0v) is 8.56. The van der Waals surface area contributed by atoms with Crippen molar-refractivity contribution in [2.24, 2.45) is 0 Å². The number of pyridine rings is 1. The molecule has 1 aromatic heterocycles. The smallest absolute Gasteiger partial charge is 0.139 e. The maximum Gasteiger partial charge on any atom is 0.139 e. The molecule has 0 unspecified atom stereocenters. The van der Waals surface area contributed by atoms with E-state index in [4.69, 9.17) is 15.2 Å². The normalized spacial score (nSPS) is 10.5. The number of hydrogen-bond acceptors (Lipinski definition) is 4. The first-order valence-electron chi connectivity index (χ1n) is 4.63. The summed E-state index contributed by atoms with van der Waals surface area (Å²) in [6.45, 7) is 5.07. The summed E-state index contributed by atoms with van der Waals surface area (Å²) in [5.74, 6) is 0.678. The first-order valence-corrected chi connectivity index (χ1v) is 4.63. The third kappa shape index (κ3) is 4.09. The molecule has 0 radical (unpaired) electrons. The second kappa shape index (κ2) is 5.44. The van der Waals surface area contributed by atoms with Crippen molar-refractivity contribution in [3.63, 3.8) is 0 Å². The lowest BCUT2D eigenvalue weighted by Crippen LogP contribution is -2.11. The van der Waals surface area contributed by atoms with Gasteiger partial charge < -0.3 is 15.2 Å². The fourth-order valence-electron chi connectivity index (χ4n) is 0.958. The first-order chi connectivity index (χ1) is 6.68. The van der Waals surface area contributed by atoms with Gasteiger partial charge >= 0.3 is 0 Å². The molecule has 0 aliphatic rings. The fraction of sp³-hybridized carbons (Fsp3) is 0.500. The van der Waals surface area contributed by atoms with Crippen molar-refractivity contribution < 1.29 is 9.47 Å². The van der Waals surface area contributed by atoms with Crippen molar-refractivity contribution in [1.29, 1.82) is 0 Å². The lowest BCUT2D eigenvalue weighted by atomic mass is 10.4. The summed E-state index contributed by atoms with van der Waals surface area (Å²) in [6, 6.07) is 1.74. The van der Waals surface area contributed by atoms with Crippen molar-refractivity contribution in [3.8, 4) is 5.75 Å². The van der Waals surface area contributed by atoms with Gasteiger partial charge in [0.25, 0.3) is 0 Å². The summed E-state index contributed by atoms with van der Waals surface area (Å²) in [5.41, 5.74) is 6.14. The minimum Gasteiger partial charge on any atom is -0.489 e. The van der Waals surface area contributed by atoms with Crippen molar-refractivity contribution >= 4 is 5.69 Å². The Morgan fingerprint density at radius 1 is 1.36 bits per heavy atom. The Labute approximate surface area is 84.0 Å². The van der Waals surface area contributed by atoms with Crippen LogP contribution in [0.4, 0.5) is 5.69 Å². The molecule has 0 aromatic carbocycles. The number of rotatable bonds is 5. The van der Waals surface area contributed by atoms with Crippen LogP contribution in [0.3, 0.4) is 0 Å². The number of nitrogens with zero attached hydrogens (tertiary/aromatic N) is 1. The van der Waals surface area contributed by atoms with Crippen LogP contribution < -0.4 is 10.5 Å². The van der Waals surface area contributed by atoms with E-state index in [0.717, 1.165) is 0 Å². The Balaban J connectivity index is 2.25. The maximum atomic E-state index is 5.54. The van der Waals surface area contributed by atoms with Crippen molar-refractivity contribution in [3.05, 3.63) is 18.5 Å². The maximum absolute atomic E-state index is 5.54. The summed E-state index contributed by atoms with van der Waals surface area (Å²) in [5, 5.41) is 0. The van der Waals surface area contributed by atoms with Crippen LogP contribution in [0.1, 0.15) is 13.8 Å². The molecule has 0 aliphatic heterocycles. The van der Waals surface area contributed by atoms with Crippen molar-refractivity contribution in [2.75, 3.05) is 18.9 Å². The van der Waals surface area contributed by atoms with E-state index in [2.05, 4.69) is 4.98 Å². The van der Waals surface area contributed by atoms with Gasteiger partial charge in [-0.3, -0.25) is 4.98 Å². The van der Waals surface area contributed by atoms with Crippen LogP contribution in [0.25, 0.3) is 0 Å². The highest BCUT2D eigenvalue weighted by molar-refractivity contribution is 5.39. The van der Waals surface area contributed by atoms with Crippen LogP contribution in [-0.2, 0) is 4.74 Å². The molecule has 0 bridgehead atoms. The van der Waals surface area contributed by atoms with Crippen LogP contribution in [-0.4, -0.2) is 24.3 Å². The molecule has 0 saturated carbocycles. The molecule has 0 saturated heterocycles. The van der Waals surface area contributed by atoms with Gasteiger partial charge in [-0.15, -0.1) is 0 Å². The second-order valence-corrected chi connectivity index (χ2v) is 3.22. The summed E-state index contributed by atoms with van der Waals surface area (Å²) in [4.78, 5) is 3.91. The molecule has 78 valence electrons. The highest BCUT2D eigenvalue weighted by atomic mass is 16.5. The van der Waals surface area contributed by atoms with Gasteiger partial charge in [0.05, 0.1) is 30.8 Å². The van der Waals surface area contributed by atoms with E-state index in [9.17, 15) is 0 Å². The van der Waals surface area contributed by atoms with Gasteiger partial charge in [0, 0.05) is 6.07 Å². The number of nitrogens with two attached hydrogens (primary N) is 1. The first kappa shape index (κ1) is 10.8. The number of nitrogen functional groups attached to an aromatic ring is 1. The Bertz CT molecular complexity index is 277. The molecule has 1 aromatic rings. The van der Waals surface area contributed by atoms with Gasteiger partial charge in [0.2, 0.25) is 0 Å². The predicted octanol–water partition coefficient (Wildman–Crippen LogP) is 1.47. The summed E-state index contributed by atoms with van der Waals surface area (Å²) < 4.78 is 10.7. The Morgan fingerprint density at radius 3 is 2.79 bits per heavy atom.